The second kappa shape index (κ2) is 4.45. The molecule has 3 rings (SSSR count). The van der Waals surface area contributed by atoms with Crippen LogP contribution in [0.3, 0.4) is 0 Å². The third-order valence-corrected chi connectivity index (χ3v) is 3.33. The number of carbonyl (C=O) groups excluding carboxylic acids is 1. The molecule has 0 amide bonds. The van der Waals surface area contributed by atoms with E-state index in [1.165, 1.54) is 18.2 Å². The number of ketones is 1. The molecule has 2 aromatic rings. The maximum absolute atomic E-state index is 12.5. The van der Waals surface area contributed by atoms with E-state index in [9.17, 15) is 20.1 Å². The van der Waals surface area contributed by atoms with E-state index in [1.807, 2.05) is 0 Å². The van der Waals surface area contributed by atoms with Gasteiger partial charge < -0.3 is 20.1 Å². The molecular weight excluding hydrogens is 260 g/mol. The van der Waals surface area contributed by atoms with Crippen LogP contribution in [0.1, 0.15) is 21.8 Å². The highest BCUT2D eigenvalue weighted by Gasteiger charge is 2.33. The van der Waals surface area contributed by atoms with Gasteiger partial charge in [0.25, 0.3) is 0 Å². The van der Waals surface area contributed by atoms with Gasteiger partial charge in [-0.25, -0.2) is 0 Å². The molecule has 0 aromatic heterocycles. The molecule has 0 radical (unpaired) electrons. The summed E-state index contributed by atoms with van der Waals surface area (Å²) in [5.74, 6) is -0.966. The molecule has 1 aliphatic heterocycles. The first-order valence-corrected chi connectivity index (χ1v) is 6.08. The Labute approximate surface area is 114 Å². The lowest BCUT2D eigenvalue weighted by Crippen LogP contribution is -2.26. The molecule has 0 fully saturated rings. The molecule has 102 valence electrons. The largest absolute Gasteiger partial charge is 0.508 e. The average Bonchev–Trinajstić information content (AvgIpc) is 2.39. The molecule has 5 nitrogen and oxygen atoms in total. The van der Waals surface area contributed by atoms with E-state index < -0.39 is 5.92 Å². The quantitative estimate of drug-likeness (QED) is 0.740. The lowest BCUT2D eigenvalue weighted by atomic mass is 9.88. The summed E-state index contributed by atoms with van der Waals surface area (Å²) < 4.78 is 5.45. The molecule has 5 heteroatoms. The number of fused-ring (bicyclic) bond motifs is 1. The molecule has 0 saturated heterocycles. The maximum atomic E-state index is 12.5. The third-order valence-electron chi connectivity index (χ3n) is 3.33. The Balaban J connectivity index is 2.03. The van der Waals surface area contributed by atoms with Crippen LogP contribution in [0, 0.1) is 0 Å². The average molecular weight is 272 g/mol. The van der Waals surface area contributed by atoms with Gasteiger partial charge in [0.15, 0.2) is 5.78 Å². The first-order valence-electron chi connectivity index (χ1n) is 6.08. The first kappa shape index (κ1) is 12.3. The fourth-order valence-corrected chi connectivity index (χ4v) is 2.33. The molecule has 1 heterocycles. The summed E-state index contributed by atoms with van der Waals surface area (Å²) in [5.41, 5.74) is 0.776. The molecule has 3 N–H and O–H groups in total. The number of rotatable bonds is 1. The summed E-state index contributed by atoms with van der Waals surface area (Å²) in [6, 6.07) is 8.69. The van der Waals surface area contributed by atoms with E-state index in [0.29, 0.717) is 5.56 Å². The van der Waals surface area contributed by atoms with Gasteiger partial charge in [0, 0.05) is 12.1 Å². The Morgan fingerprint density at radius 3 is 2.40 bits per heavy atom. The van der Waals surface area contributed by atoms with Gasteiger partial charge in [0.05, 0.1) is 5.92 Å². The van der Waals surface area contributed by atoms with Gasteiger partial charge in [-0.05, 0) is 17.7 Å². The number of benzene rings is 2. The van der Waals surface area contributed by atoms with Crippen LogP contribution in [0.2, 0.25) is 0 Å². The van der Waals surface area contributed by atoms with E-state index in [1.54, 1.807) is 12.1 Å². The van der Waals surface area contributed by atoms with Crippen LogP contribution < -0.4 is 4.74 Å². The number of ether oxygens (including phenoxy) is 1. The van der Waals surface area contributed by atoms with Crippen molar-refractivity contribution in [2.75, 3.05) is 6.61 Å². The van der Waals surface area contributed by atoms with Gasteiger partial charge >= 0.3 is 0 Å². The van der Waals surface area contributed by atoms with E-state index in [0.717, 1.165) is 6.07 Å². The van der Waals surface area contributed by atoms with Gasteiger partial charge in [-0.1, -0.05) is 12.1 Å². The Morgan fingerprint density at radius 2 is 1.70 bits per heavy atom. The van der Waals surface area contributed by atoms with E-state index in [-0.39, 0.29) is 41.0 Å². The van der Waals surface area contributed by atoms with Crippen LogP contribution in [-0.2, 0) is 0 Å². The van der Waals surface area contributed by atoms with Gasteiger partial charge in [-0.2, -0.15) is 0 Å². The zero-order valence-corrected chi connectivity index (χ0v) is 10.4. The minimum Gasteiger partial charge on any atom is -0.508 e. The fraction of sp³-hybridized carbons (Fsp3) is 0.133. The van der Waals surface area contributed by atoms with Crippen LogP contribution >= 0.6 is 0 Å². The third kappa shape index (κ3) is 1.93. The topological polar surface area (TPSA) is 87.0 Å². The van der Waals surface area contributed by atoms with Crippen LogP contribution in [0.15, 0.2) is 36.4 Å². The minimum absolute atomic E-state index is 0.0760. The zero-order valence-electron chi connectivity index (χ0n) is 10.4. The van der Waals surface area contributed by atoms with Crippen molar-refractivity contribution in [3.63, 3.8) is 0 Å². The molecule has 0 spiro atoms. The van der Waals surface area contributed by atoms with Crippen molar-refractivity contribution in [1.29, 1.82) is 0 Å². The maximum Gasteiger partial charge on any atom is 0.181 e. The molecule has 2 aromatic carbocycles. The van der Waals surface area contributed by atoms with E-state index in [4.69, 9.17) is 4.74 Å². The van der Waals surface area contributed by atoms with Crippen LogP contribution in [0.5, 0.6) is 23.0 Å². The van der Waals surface area contributed by atoms with Gasteiger partial charge in [-0.3, -0.25) is 4.79 Å². The van der Waals surface area contributed by atoms with Gasteiger partial charge in [0.2, 0.25) is 0 Å². The molecule has 0 aliphatic carbocycles. The Morgan fingerprint density at radius 1 is 1.00 bits per heavy atom. The highest BCUT2D eigenvalue weighted by Crippen LogP contribution is 2.40. The number of carbonyl (C=O) groups is 1. The number of Topliss-reactive ketones (excluding diaryl/α,β-unsaturated/α-hetero) is 1. The predicted octanol–water partition coefficient (Wildman–Crippen LogP) is 2.16. The van der Waals surface area contributed by atoms with E-state index >= 15 is 0 Å². The smallest absolute Gasteiger partial charge is 0.181 e. The summed E-state index contributed by atoms with van der Waals surface area (Å²) in [6.07, 6.45) is 0. The molecular formula is C15H12O5. The SMILES string of the molecule is O=C1c2c(O)cc(O)cc2OC[C@@H]1c1ccc(O)cc1. The second-order valence-corrected chi connectivity index (χ2v) is 4.66. The van der Waals surface area contributed by atoms with Gasteiger partial charge in [-0.15, -0.1) is 0 Å². The summed E-state index contributed by atoms with van der Waals surface area (Å²) in [7, 11) is 0. The number of hydrogen-bond donors (Lipinski definition) is 3. The summed E-state index contributed by atoms with van der Waals surface area (Å²) in [5, 5.41) is 28.5. The molecule has 1 aliphatic rings. The summed E-state index contributed by atoms with van der Waals surface area (Å²) >= 11 is 0. The number of phenolic OH excluding ortho intramolecular Hbond substituents is 3. The van der Waals surface area contributed by atoms with Crippen molar-refractivity contribution in [1.82, 2.24) is 0 Å². The Hall–Kier alpha value is -2.69. The van der Waals surface area contributed by atoms with E-state index in [2.05, 4.69) is 0 Å². The minimum atomic E-state index is -0.543. The normalized spacial score (nSPS) is 17.4. The van der Waals surface area contributed by atoms with Crippen molar-refractivity contribution in [2.45, 2.75) is 5.92 Å². The lowest BCUT2D eigenvalue weighted by Gasteiger charge is -2.25. The number of aromatic hydroxyl groups is 3. The first-order chi connectivity index (χ1) is 9.56. The molecule has 0 bridgehead atoms. The monoisotopic (exact) mass is 272 g/mol. The Kier molecular flexibility index (Phi) is 2.75. The van der Waals surface area contributed by atoms with Crippen molar-refractivity contribution in [3.8, 4) is 23.0 Å². The highest BCUT2D eigenvalue weighted by molar-refractivity contribution is 6.06. The molecule has 0 saturated carbocycles. The summed E-state index contributed by atoms with van der Waals surface area (Å²) in [4.78, 5) is 12.5. The lowest BCUT2D eigenvalue weighted by molar-refractivity contribution is 0.0892. The van der Waals surface area contributed by atoms with Crippen molar-refractivity contribution >= 4 is 5.78 Å². The Bertz CT molecular complexity index is 675. The standard InChI is InChI=1S/C15H12O5/c16-9-3-1-8(2-4-9)11-7-20-13-6-10(17)5-12(18)14(13)15(11)19/h1-6,11,16-18H,7H2/t11-/m1/s1. The molecule has 20 heavy (non-hydrogen) atoms. The number of hydrogen-bond acceptors (Lipinski definition) is 5. The van der Waals surface area contributed by atoms with Gasteiger partial charge in [0.1, 0.15) is 35.2 Å². The summed E-state index contributed by atoms with van der Waals surface area (Å²) in [6.45, 7) is 0.125. The number of phenols is 3. The highest BCUT2D eigenvalue weighted by atomic mass is 16.5. The van der Waals surface area contributed by atoms with Crippen LogP contribution in [-0.4, -0.2) is 27.7 Å². The fourth-order valence-electron chi connectivity index (χ4n) is 2.33. The van der Waals surface area contributed by atoms with Crippen LogP contribution in [0.4, 0.5) is 0 Å². The van der Waals surface area contributed by atoms with Crippen molar-refractivity contribution < 1.29 is 24.9 Å². The second-order valence-electron chi connectivity index (χ2n) is 4.66. The zero-order chi connectivity index (χ0) is 14.3. The predicted molar refractivity (Wildman–Crippen MR) is 70.4 cm³/mol. The van der Waals surface area contributed by atoms with Crippen LogP contribution in [0.25, 0.3) is 0 Å². The van der Waals surface area contributed by atoms with Crippen molar-refractivity contribution in [3.05, 3.63) is 47.5 Å². The van der Waals surface area contributed by atoms with Crippen molar-refractivity contribution in [2.24, 2.45) is 0 Å². The molecule has 0 unspecified atom stereocenters. The molecule has 1 atom stereocenters.